The predicted octanol–water partition coefficient (Wildman–Crippen LogP) is 5.79. The number of fused-ring (bicyclic) bond motifs is 1. The molecule has 7 heteroatoms. The number of nitrogens with zero attached hydrogens (tertiary/aromatic N) is 2. The van der Waals surface area contributed by atoms with Gasteiger partial charge in [-0.2, -0.15) is 0 Å². The van der Waals surface area contributed by atoms with E-state index in [2.05, 4.69) is 10.3 Å². The van der Waals surface area contributed by atoms with Crippen molar-refractivity contribution in [3.05, 3.63) is 117 Å². The number of halogens is 1. The van der Waals surface area contributed by atoms with Gasteiger partial charge in [0.2, 0.25) is 0 Å². The van der Waals surface area contributed by atoms with Crippen LogP contribution in [0.3, 0.4) is 0 Å². The first-order valence-electron chi connectivity index (χ1n) is 10.1. The molecule has 0 saturated carbocycles. The molecule has 0 fully saturated rings. The normalized spacial score (nSPS) is 15.0. The number of carbonyl (C=O) groups is 2. The van der Waals surface area contributed by atoms with Crippen LogP contribution in [0.2, 0.25) is 5.02 Å². The first kappa shape index (κ1) is 20.4. The molecule has 5 nitrogen and oxygen atoms in total. The molecular weight excluding hydrogens is 442 g/mol. The van der Waals surface area contributed by atoms with Gasteiger partial charge in [-0.1, -0.05) is 48.0 Å². The van der Waals surface area contributed by atoms with Crippen LogP contribution < -0.4 is 5.32 Å². The van der Waals surface area contributed by atoms with Crippen LogP contribution in [0.25, 0.3) is 0 Å². The molecule has 1 aliphatic rings. The number of pyridine rings is 1. The van der Waals surface area contributed by atoms with Crippen LogP contribution in [0.1, 0.15) is 43.0 Å². The zero-order chi connectivity index (χ0) is 22.1. The Bertz CT molecular complexity index is 1290. The van der Waals surface area contributed by atoms with E-state index in [1.54, 1.807) is 64.9 Å². The third kappa shape index (κ3) is 3.79. The van der Waals surface area contributed by atoms with Crippen molar-refractivity contribution in [2.24, 2.45) is 0 Å². The number of aromatic nitrogens is 1. The number of rotatable bonds is 6. The largest absolute Gasteiger partial charge is 0.359 e. The van der Waals surface area contributed by atoms with Crippen molar-refractivity contribution in [3.63, 3.8) is 0 Å². The Labute approximate surface area is 194 Å². The Balaban J connectivity index is 1.54. The van der Waals surface area contributed by atoms with Crippen molar-refractivity contribution in [1.82, 2.24) is 9.88 Å². The van der Waals surface area contributed by atoms with E-state index in [1.807, 2.05) is 35.7 Å². The Morgan fingerprint density at radius 1 is 1.06 bits per heavy atom. The highest BCUT2D eigenvalue weighted by molar-refractivity contribution is 7.09. The topological polar surface area (TPSA) is 62.3 Å². The van der Waals surface area contributed by atoms with Gasteiger partial charge in [0.1, 0.15) is 6.17 Å². The lowest BCUT2D eigenvalue weighted by Crippen LogP contribution is -2.32. The number of hydrogen-bond acceptors (Lipinski definition) is 5. The molecule has 0 saturated heterocycles. The highest BCUT2D eigenvalue weighted by atomic mass is 35.5. The lowest BCUT2D eigenvalue weighted by Gasteiger charge is -2.27. The maximum absolute atomic E-state index is 13.2. The molecule has 2 aromatic heterocycles. The van der Waals surface area contributed by atoms with Crippen LogP contribution in [0.5, 0.6) is 0 Å². The van der Waals surface area contributed by atoms with Crippen LogP contribution >= 0.6 is 22.9 Å². The van der Waals surface area contributed by atoms with Gasteiger partial charge in [0.05, 0.1) is 17.8 Å². The molecule has 0 unspecified atom stereocenters. The number of carbonyl (C=O) groups excluding carboxylic acids is 2. The zero-order valence-corrected chi connectivity index (χ0v) is 18.4. The highest BCUT2D eigenvalue weighted by Gasteiger charge is 2.38. The second-order valence-electron chi connectivity index (χ2n) is 7.38. The van der Waals surface area contributed by atoms with Crippen LogP contribution in [0.15, 0.2) is 84.4 Å². The molecule has 1 amide bonds. The third-order valence-electron chi connectivity index (χ3n) is 5.36. The summed E-state index contributed by atoms with van der Waals surface area (Å²) >= 11 is 7.83. The third-order valence-corrected chi connectivity index (χ3v) is 6.46. The van der Waals surface area contributed by atoms with Crippen molar-refractivity contribution >= 4 is 40.3 Å². The molecule has 32 heavy (non-hydrogen) atoms. The van der Waals surface area contributed by atoms with Crippen LogP contribution in [0, 0.1) is 0 Å². The van der Waals surface area contributed by atoms with Crippen molar-refractivity contribution in [2.75, 3.05) is 5.32 Å². The van der Waals surface area contributed by atoms with Gasteiger partial charge in [-0.05, 0) is 41.8 Å². The molecule has 158 valence electrons. The van der Waals surface area contributed by atoms with E-state index in [0.29, 0.717) is 39.6 Å². The fourth-order valence-electron chi connectivity index (χ4n) is 3.84. The molecule has 4 aromatic rings. The number of anilines is 1. The number of hydrogen-bond donors (Lipinski definition) is 1. The minimum Gasteiger partial charge on any atom is -0.359 e. The molecule has 1 atom stereocenters. The Morgan fingerprint density at radius 3 is 2.69 bits per heavy atom. The van der Waals surface area contributed by atoms with E-state index >= 15 is 0 Å². The quantitative estimate of drug-likeness (QED) is 0.370. The molecule has 0 aliphatic carbocycles. The fraction of sp³-hybridized carbons (Fsp3) is 0.0800. The predicted molar refractivity (Wildman–Crippen MR) is 126 cm³/mol. The summed E-state index contributed by atoms with van der Waals surface area (Å²) in [4.78, 5) is 33.7. The van der Waals surface area contributed by atoms with Crippen molar-refractivity contribution in [2.45, 2.75) is 12.7 Å². The number of nitrogens with one attached hydrogen (secondary N) is 1. The fourth-order valence-corrected chi connectivity index (χ4v) is 4.71. The number of ketones is 1. The summed E-state index contributed by atoms with van der Waals surface area (Å²) in [6, 6.07) is 21.7. The van der Waals surface area contributed by atoms with Crippen LogP contribution in [0.4, 0.5) is 5.69 Å². The lowest BCUT2D eigenvalue weighted by atomic mass is 10.0. The SMILES string of the molecule is O=C(c1ccccc1)c1cc(Cl)ccc1N[C@H]1c2ncccc2C(=O)N1Cc1cccs1. The Morgan fingerprint density at radius 2 is 1.91 bits per heavy atom. The molecule has 1 aliphatic heterocycles. The van der Waals surface area contributed by atoms with Gasteiger partial charge in [-0.15, -0.1) is 11.3 Å². The summed E-state index contributed by atoms with van der Waals surface area (Å²) in [5.41, 5.74) is 2.80. The molecule has 0 radical (unpaired) electrons. The molecule has 3 heterocycles. The summed E-state index contributed by atoms with van der Waals surface area (Å²) < 4.78 is 0. The van der Waals surface area contributed by atoms with Gasteiger partial charge in [-0.25, -0.2) is 0 Å². The van der Waals surface area contributed by atoms with Gasteiger partial charge < -0.3 is 10.2 Å². The van der Waals surface area contributed by atoms with E-state index < -0.39 is 6.17 Å². The minimum absolute atomic E-state index is 0.0936. The molecule has 0 spiro atoms. The van der Waals surface area contributed by atoms with Crippen molar-refractivity contribution in [3.8, 4) is 0 Å². The summed E-state index contributed by atoms with van der Waals surface area (Å²) in [6.45, 7) is 0.445. The maximum Gasteiger partial charge on any atom is 0.258 e. The highest BCUT2D eigenvalue weighted by Crippen LogP contribution is 2.36. The van der Waals surface area contributed by atoms with Gasteiger partial charge in [-0.3, -0.25) is 14.6 Å². The van der Waals surface area contributed by atoms with Crippen LogP contribution in [-0.2, 0) is 6.54 Å². The second kappa shape index (κ2) is 8.57. The molecular formula is C25H18ClN3O2S. The van der Waals surface area contributed by atoms with Gasteiger partial charge in [0.15, 0.2) is 5.78 Å². The summed E-state index contributed by atoms with van der Waals surface area (Å²) in [5, 5.41) is 5.85. The monoisotopic (exact) mass is 459 g/mol. The molecule has 0 bridgehead atoms. The average Bonchev–Trinajstić information content (AvgIpc) is 3.43. The first-order chi connectivity index (χ1) is 15.6. The van der Waals surface area contributed by atoms with E-state index in [1.165, 1.54) is 0 Å². The average molecular weight is 460 g/mol. The number of thiophene rings is 1. The summed E-state index contributed by atoms with van der Waals surface area (Å²) in [5.74, 6) is -0.241. The molecule has 5 rings (SSSR count). The van der Waals surface area contributed by atoms with Crippen LogP contribution in [-0.4, -0.2) is 21.6 Å². The summed E-state index contributed by atoms with van der Waals surface area (Å²) in [6.07, 6.45) is 1.16. The zero-order valence-electron chi connectivity index (χ0n) is 16.9. The van der Waals surface area contributed by atoms with E-state index in [0.717, 1.165) is 4.88 Å². The van der Waals surface area contributed by atoms with Gasteiger partial charge in [0.25, 0.3) is 5.91 Å². The van der Waals surface area contributed by atoms with Crippen molar-refractivity contribution < 1.29 is 9.59 Å². The smallest absolute Gasteiger partial charge is 0.258 e. The van der Waals surface area contributed by atoms with Gasteiger partial charge in [0, 0.05) is 32.9 Å². The maximum atomic E-state index is 13.2. The Hall–Kier alpha value is -3.48. The standard InChI is InChI=1S/C25H18ClN3O2S/c26-17-10-11-21(20(14-17)23(30)16-6-2-1-3-7-16)28-24-22-19(9-4-12-27-22)25(31)29(24)15-18-8-5-13-32-18/h1-14,24,28H,15H2/t24-/m1/s1. The van der Waals surface area contributed by atoms with E-state index in [4.69, 9.17) is 11.6 Å². The molecule has 2 aromatic carbocycles. The minimum atomic E-state index is -0.510. The second-order valence-corrected chi connectivity index (χ2v) is 8.85. The number of benzene rings is 2. The van der Waals surface area contributed by atoms with Crippen molar-refractivity contribution in [1.29, 1.82) is 0 Å². The van der Waals surface area contributed by atoms with E-state index in [9.17, 15) is 9.59 Å². The summed E-state index contributed by atoms with van der Waals surface area (Å²) in [7, 11) is 0. The number of amides is 1. The van der Waals surface area contributed by atoms with E-state index in [-0.39, 0.29) is 11.7 Å². The Kier molecular flexibility index (Phi) is 5.47. The first-order valence-corrected chi connectivity index (χ1v) is 11.3. The van der Waals surface area contributed by atoms with Gasteiger partial charge >= 0.3 is 0 Å². The molecule has 1 N–H and O–H groups in total. The lowest BCUT2D eigenvalue weighted by molar-refractivity contribution is 0.0729.